The third-order valence-corrected chi connectivity index (χ3v) is 5.49. The Morgan fingerprint density at radius 3 is 2.50 bits per heavy atom. The van der Waals surface area contributed by atoms with Crippen molar-refractivity contribution in [3.8, 4) is 0 Å². The Bertz CT molecular complexity index is 769. The number of aryl methyl sites for hydroxylation is 2. The molecule has 0 radical (unpaired) electrons. The number of aromatic nitrogens is 2. The zero-order valence-corrected chi connectivity index (χ0v) is 13.2. The molecule has 0 unspecified atom stereocenters. The van der Waals surface area contributed by atoms with Crippen molar-refractivity contribution in [2.24, 2.45) is 7.05 Å². The molecule has 108 valence electrons. The van der Waals surface area contributed by atoms with Crippen LogP contribution in [0.5, 0.6) is 0 Å². The van der Waals surface area contributed by atoms with Gasteiger partial charge in [-0.3, -0.25) is 4.68 Å². The number of benzene rings is 1. The summed E-state index contributed by atoms with van der Waals surface area (Å²) in [5.41, 5.74) is 7.02. The summed E-state index contributed by atoms with van der Waals surface area (Å²) >= 11 is 12.0. The minimum absolute atomic E-state index is 0.0349. The van der Waals surface area contributed by atoms with Crippen LogP contribution in [0.4, 0.5) is 5.69 Å². The molecule has 1 aromatic heterocycles. The fourth-order valence-electron chi connectivity index (χ4n) is 1.87. The SMILES string of the molecule is Cc1nn(C)c(Cl)c1CS(=O)(=O)c1ccc(N)cc1Cl. The lowest BCUT2D eigenvalue weighted by atomic mass is 10.3. The van der Waals surface area contributed by atoms with Crippen molar-refractivity contribution >= 4 is 38.7 Å². The fourth-order valence-corrected chi connectivity index (χ4v) is 4.25. The van der Waals surface area contributed by atoms with E-state index in [4.69, 9.17) is 28.9 Å². The summed E-state index contributed by atoms with van der Waals surface area (Å²) in [6, 6.07) is 4.30. The lowest BCUT2D eigenvalue weighted by molar-refractivity contribution is 0.595. The molecule has 0 spiro atoms. The van der Waals surface area contributed by atoms with E-state index in [9.17, 15) is 8.42 Å². The van der Waals surface area contributed by atoms with E-state index >= 15 is 0 Å². The molecule has 0 atom stereocenters. The summed E-state index contributed by atoms with van der Waals surface area (Å²) in [6.45, 7) is 1.71. The van der Waals surface area contributed by atoms with Crippen molar-refractivity contribution in [1.82, 2.24) is 9.78 Å². The van der Waals surface area contributed by atoms with Crippen LogP contribution in [-0.4, -0.2) is 18.2 Å². The average molecular weight is 334 g/mol. The Balaban J connectivity index is 2.46. The lowest BCUT2D eigenvalue weighted by Crippen LogP contribution is -2.07. The number of nitrogens with two attached hydrogens (primary N) is 1. The van der Waals surface area contributed by atoms with E-state index < -0.39 is 9.84 Å². The van der Waals surface area contributed by atoms with Crippen molar-refractivity contribution in [2.45, 2.75) is 17.6 Å². The van der Waals surface area contributed by atoms with Crippen molar-refractivity contribution in [3.05, 3.63) is 39.6 Å². The first-order chi connectivity index (χ1) is 9.22. The van der Waals surface area contributed by atoms with Gasteiger partial charge in [0.25, 0.3) is 0 Å². The largest absolute Gasteiger partial charge is 0.399 e. The van der Waals surface area contributed by atoms with E-state index in [0.29, 0.717) is 22.1 Å². The van der Waals surface area contributed by atoms with Gasteiger partial charge in [0.2, 0.25) is 0 Å². The van der Waals surface area contributed by atoms with Gasteiger partial charge in [0, 0.05) is 18.3 Å². The van der Waals surface area contributed by atoms with Gasteiger partial charge in [-0.05, 0) is 25.1 Å². The van der Waals surface area contributed by atoms with Crippen molar-refractivity contribution in [3.63, 3.8) is 0 Å². The van der Waals surface area contributed by atoms with Crippen molar-refractivity contribution in [2.75, 3.05) is 5.73 Å². The molecule has 5 nitrogen and oxygen atoms in total. The van der Waals surface area contributed by atoms with Crippen molar-refractivity contribution < 1.29 is 8.42 Å². The van der Waals surface area contributed by atoms with E-state index in [1.165, 1.54) is 22.9 Å². The molecule has 2 rings (SSSR count). The fraction of sp³-hybridized carbons (Fsp3) is 0.250. The number of rotatable bonds is 3. The van der Waals surface area contributed by atoms with E-state index in [1.54, 1.807) is 14.0 Å². The molecule has 0 amide bonds. The summed E-state index contributed by atoms with van der Waals surface area (Å²) in [7, 11) is -1.96. The maximum atomic E-state index is 12.4. The molecular formula is C12H13Cl2N3O2S. The quantitative estimate of drug-likeness (QED) is 0.875. The Morgan fingerprint density at radius 2 is 2.00 bits per heavy atom. The summed E-state index contributed by atoms with van der Waals surface area (Å²) < 4.78 is 26.3. The van der Waals surface area contributed by atoms with Gasteiger partial charge in [0.15, 0.2) is 9.84 Å². The number of nitrogen functional groups attached to an aromatic ring is 1. The van der Waals surface area contributed by atoms with Gasteiger partial charge in [0.05, 0.1) is 21.4 Å². The first-order valence-electron chi connectivity index (χ1n) is 5.68. The monoisotopic (exact) mass is 333 g/mol. The molecule has 0 saturated carbocycles. The summed E-state index contributed by atoms with van der Waals surface area (Å²) in [5.74, 6) is -0.255. The third kappa shape index (κ3) is 2.77. The average Bonchev–Trinajstić information content (AvgIpc) is 2.55. The maximum absolute atomic E-state index is 12.4. The summed E-state index contributed by atoms with van der Waals surface area (Å²) in [5, 5.41) is 4.50. The van der Waals surface area contributed by atoms with Gasteiger partial charge < -0.3 is 5.73 Å². The standard InChI is InChI=1S/C12H13Cl2N3O2S/c1-7-9(12(14)17(2)16-7)6-20(18,19)11-4-3-8(15)5-10(11)13/h3-5H,6,15H2,1-2H3. The van der Waals surface area contributed by atoms with E-state index in [-0.39, 0.29) is 15.7 Å². The third-order valence-electron chi connectivity index (χ3n) is 2.90. The summed E-state index contributed by atoms with van der Waals surface area (Å²) in [4.78, 5) is 0.0349. The maximum Gasteiger partial charge on any atom is 0.184 e. The van der Waals surface area contributed by atoms with Gasteiger partial charge in [-0.25, -0.2) is 8.42 Å². The van der Waals surface area contributed by atoms with Crippen LogP contribution in [0.25, 0.3) is 0 Å². The van der Waals surface area contributed by atoms with Gasteiger partial charge in [-0.1, -0.05) is 23.2 Å². The van der Waals surface area contributed by atoms with E-state index in [2.05, 4.69) is 5.10 Å². The molecule has 0 aliphatic carbocycles. The molecule has 1 aromatic carbocycles. The summed E-state index contributed by atoms with van der Waals surface area (Å²) in [6.07, 6.45) is 0. The molecule has 2 aromatic rings. The normalized spacial score (nSPS) is 11.8. The van der Waals surface area contributed by atoms with Gasteiger partial charge in [0.1, 0.15) is 5.15 Å². The number of hydrogen-bond donors (Lipinski definition) is 1. The van der Waals surface area contributed by atoms with Crippen LogP contribution in [0, 0.1) is 6.92 Å². The first-order valence-corrected chi connectivity index (χ1v) is 8.09. The molecular weight excluding hydrogens is 321 g/mol. The van der Waals surface area contributed by atoms with Crippen LogP contribution in [0.3, 0.4) is 0 Å². The molecule has 0 fully saturated rings. The Morgan fingerprint density at radius 1 is 1.35 bits per heavy atom. The van der Waals surface area contributed by atoms with Crippen LogP contribution in [0.2, 0.25) is 10.2 Å². The predicted octanol–water partition coefficient (Wildman–Crippen LogP) is 2.59. The van der Waals surface area contributed by atoms with Crippen LogP contribution >= 0.6 is 23.2 Å². The number of anilines is 1. The highest BCUT2D eigenvalue weighted by molar-refractivity contribution is 7.90. The number of halogens is 2. The zero-order chi connectivity index (χ0) is 15.1. The minimum atomic E-state index is -3.62. The van der Waals surface area contributed by atoms with Crippen molar-refractivity contribution in [1.29, 1.82) is 0 Å². The number of sulfone groups is 1. The van der Waals surface area contributed by atoms with Crippen LogP contribution in [-0.2, 0) is 22.6 Å². The molecule has 1 heterocycles. The van der Waals surface area contributed by atoms with Crippen LogP contribution < -0.4 is 5.73 Å². The van der Waals surface area contributed by atoms with Crippen LogP contribution in [0.15, 0.2) is 23.1 Å². The number of hydrogen-bond acceptors (Lipinski definition) is 4. The molecule has 8 heteroatoms. The molecule has 0 bridgehead atoms. The van der Waals surface area contributed by atoms with E-state index in [0.717, 1.165) is 0 Å². The highest BCUT2D eigenvalue weighted by Gasteiger charge is 2.23. The van der Waals surface area contributed by atoms with Crippen LogP contribution in [0.1, 0.15) is 11.3 Å². The zero-order valence-electron chi connectivity index (χ0n) is 10.9. The van der Waals surface area contributed by atoms with Gasteiger partial charge >= 0.3 is 0 Å². The second-order valence-corrected chi connectivity index (χ2v) is 7.15. The van der Waals surface area contributed by atoms with Gasteiger partial charge in [-0.2, -0.15) is 5.10 Å². The molecule has 20 heavy (non-hydrogen) atoms. The molecule has 0 saturated heterocycles. The minimum Gasteiger partial charge on any atom is -0.399 e. The van der Waals surface area contributed by atoms with E-state index in [1.807, 2.05) is 0 Å². The molecule has 2 N–H and O–H groups in total. The smallest absolute Gasteiger partial charge is 0.184 e. The topological polar surface area (TPSA) is 78.0 Å². The highest BCUT2D eigenvalue weighted by atomic mass is 35.5. The Hall–Kier alpha value is -1.24. The first kappa shape index (κ1) is 15.2. The lowest BCUT2D eigenvalue weighted by Gasteiger charge is -2.07. The molecule has 0 aliphatic rings. The predicted molar refractivity (Wildman–Crippen MR) is 79.7 cm³/mol. The Labute approximate surface area is 127 Å². The number of nitrogens with zero attached hydrogens (tertiary/aromatic N) is 2. The Kier molecular flexibility index (Phi) is 4.00. The molecule has 0 aliphatic heterocycles. The second-order valence-electron chi connectivity index (χ2n) is 4.43. The van der Waals surface area contributed by atoms with Gasteiger partial charge in [-0.15, -0.1) is 0 Å². The highest BCUT2D eigenvalue weighted by Crippen LogP contribution is 2.29. The second kappa shape index (κ2) is 5.27.